The van der Waals surface area contributed by atoms with Crippen LogP contribution >= 0.6 is 11.8 Å². The fraction of sp³-hybridized carbons (Fsp3) is 0.571. The number of amides is 3. The molecular formula is C21H28N2O3S. The summed E-state index contributed by atoms with van der Waals surface area (Å²) in [6.45, 7) is 3.96. The van der Waals surface area contributed by atoms with Crippen molar-refractivity contribution in [3.63, 3.8) is 0 Å². The number of fused-ring (bicyclic) bond motifs is 1. The highest BCUT2D eigenvalue weighted by Gasteiger charge is 2.51. The number of likely N-dealkylation sites (tertiary alicyclic amines) is 1. The Morgan fingerprint density at radius 1 is 1.11 bits per heavy atom. The number of nitrogens with one attached hydrogen (secondary N) is 1. The zero-order valence-electron chi connectivity index (χ0n) is 16.3. The van der Waals surface area contributed by atoms with E-state index in [1.807, 2.05) is 38.3 Å². The molecule has 0 bridgehead atoms. The molecule has 3 unspecified atom stereocenters. The van der Waals surface area contributed by atoms with Gasteiger partial charge in [-0.05, 0) is 68.4 Å². The van der Waals surface area contributed by atoms with Crippen molar-refractivity contribution in [2.45, 2.75) is 52.0 Å². The van der Waals surface area contributed by atoms with Gasteiger partial charge in [0.15, 0.2) is 0 Å². The summed E-state index contributed by atoms with van der Waals surface area (Å²) in [5.41, 5.74) is 2.83. The minimum absolute atomic E-state index is 0.147. The third-order valence-corrected chi connectivity index (χ3v) is 6.22. The third-order valence-electron chi connectivity index (χ3n) is 5.57. The Morgan fingerprint density at radius 3 is 2.19 bits per heavy atom. The molecule has 5 nitrogen and oxygen atoms in total. The first kappa shape index (κ1) is 19.9. The van der Waals surface area contributed by atoms with Crippen LogP contribution in [0.2, 0.25) is 0 Å². The van der Waals surface area contributed by atoms with E-state index < -0.39 is 6.04 Å². The number of thioether (sulfide) groups is 1. The molecule has 2 fully saturated rings. The fourth-order valence-corrected chi connectivity index (χ4v) is 4.83. The lowest BCUT2D eigenvalue weighted by Crippen LogP contribution is -2.48. The molecule has 1 aromatic carbocycles. The molecule has 3 rings (SSSR count). The van der Waals surface area contributed by atoms with Gasteiger partial charge < -0.3 is 5.32 Å². The molecule has 1 aliphatic carbocycles. The molecule has 6 heteroatoms. The first-order valence-corrected chi connectivity index (χ1v) is 11.1. The second kappa shape index (κ2) is 8.46. The maximum absolute atomic E-state index is 13.1. The molecular weight excluding hydrogens is 360 g/mol. The van der Waals surface area contributed by atoms with Crippen molar-refractivity contribution in [1.29, 1.82) is 0 Å². The number of anilines is 1. The van der Waals surface area contributed by atoms with Crippen LogP contribution in [0.15, 0.2) is 18.2 Å². The van der Waals surface area contributed by atoms with Crippen molar-refractivity contribution in [1.82, 2.24) is 4.90 Å². The van der Waals surface area contributed by atoms with E-state index in [9.17, 15) is 14.4 Å². The minimum atomic E-state index is -0.733. The summed E-state index contributed by atoms with van der Waals surface area (Å²) in [5.74, 6) is -0.293. The van der Waals surface area contributed by atoms with Gasteiger partial charge in [-0.3, -0.25) is 19.3 Å². The summed E-state index contributed by atoms with van der Waals surface area (Å²) in [5, 5.41) is 2.94. The Bertz CT molecular complexity index is 705. The molecule has 1 aliphatic heterocycles. The van der Waals surface area contributed by atoms with Crippen molar-refractivity contribution >= 4 is 35.2 Å². The van der Waals surface area contributed by atoms with Crippen molar-refractivity contribution in [2.75, 3.05) is 17.3 Å². The van der Waals surface area contributed by atoms with E-state index in [0.717, 1.165) is 42.6 Å². The lowest BCUT2D eigenvalue weighted by atomic mass is 9.81. The predicted molar refractivity (Wildman–Crippen MR) is 109 cm³/mol. The van der Waals surface area contributed by atoms with Gasteiger partial charge in [0.05, 0.1) is 11.8 Å². The van der Waals surface area contributed by atoms with Crippen LogP contribution < -0.4 is 5.32 Å². The van der Waals surface area contributed by atoms with Crippen molar-refractivity contribution < 1.29 is 14.4 Å². The Hall–Kier alpha value is -1.82. The van der Waals surface area contributed by atoms with Gasteiger partial charge in [-0.2, -0.15) is 11.8 Å². The lowest BCUT2D eigenvalue weighted by Gasteiger charge is -2.26. The Balaban J connectivity index is 1.83. The average Bonchev–Trinajstić information content (AvgIpc) is 2.87. The smallest absolute Gasteiger partial charge is 0.247 e. The van der Waals surface area contributed by atoms with Crippen LogP contribution in [0.4, 0.5) is 5.69 Å². The Labute approximate surface area is 165 Å². The molecule has 0 spiro atoms. The molecule has 27 heavy (non-hydrogen) atoms. The number of rotatable bonds is 6. The maximum Gasteiger partial charge on any atom is 0.247 e. The van der Waals surface area contributed by atoms with E-state index in [1.165, 1.54) is 4.90 Å². The average molecular weight is 389 g/mol. The third kappa shape index (κ3) is 4.21. The number of aryl methyl sites for hydroxylation is 2. The zero-order chi connectivity index (χ0) is 19.6. The Morgan fingerprint density at radius 2 is 1.67 bits per heavy atom. The molecule has 0 radical (unpaired) electrons. The first-order chi connectivity index (χ1) is 12.9. The highest BCUT2D eigenvalue weighted by molar-refractivity contribution is 7.98. The summed E-state index contributed by atoms with van der Waals surface area (Å²) in [4.78, 5) is 40.2. The molecule has 1 saturated carbocycles. The minimum Gasteiger partial charge on any atom is -0.324 e. The van der Waals surface area contributed by atoms with Crippen LogP contribution in [0, 0.1) is 25.7 Å². The van der Waals surface area contributed by atoms with Gasteiger partial charge in [-0.15, -0.1) is 0 Å². The van der Waals surface area contributed by atoms with Crippen LogP contribution in [0.5, 0.6) is 0 Å². The van der Waals surface area contributed by atoms with Gasteiger partial charge in [0.2, 0.25) is 17.7 Å². The highest BCUT2D eigenvalue weighted by atomic mass is 32.2. The van der Waals surface area contributed by atoms with Gasteiger partial charge in [0.1, 0.15) is 6.04 Å². The van der Waals surface area contributed by atoms with Crippen LogP contribution in [0.3, 0.4) is 0 Å². The van der Waals surface area contributed by atoms with Crippen molar-refractivity contribution in [3.05, 3.63) is 29.3 Å². The summed E-state index contributed by atoms with van der Waals surface area (Å²) in [7, 11) is 0. The maximum atomic E-state index is 13.1. The number of nitrogens with zero attached hydrogens (tertiary/aromatic N) is 1. The van der Waals surface area contributed by atoms with E-state index in [4.69, 9.17) is 0 Å². The number of carbonyl (C=O) groups is 3. The number of hydrogen-bond donors (Lipinski definition) is 1. The molecule has 2 aliphatic rings. The van der Waals surface area contributed by atoms with Crippen LogP contribution in [-0.2, 0) is 14.4 Å². The summed E-state index contributed by atoms with van der Waals surface area (Å²) in [6.07, 6.45) is 5.94. The van der Waals surface area contributed by atoms with Crippen LogP contribution in [-0.4, -0.2) is 40.7 Å². The van der Waals surface area contributed by atoms with E-state index >= 15 is 0 Å². The topological polar surface area (TPSA) is 66.5 Å². The fourth-order valence-electron chi connectivity index (χ4n) is 4.37. The first-order valence-electron chi connectivity index (χ1n) is 9.67. The van der Waals surface area contributed by atoms with Gasteiger partial charge in [-0.25, -0.2) is 0 Å². The Kier molecular flexibility index (Phi) is 6.25. The van der Waals surface area contributed by atoms with Crippen LogP contribution in [0.1, 0.15) is 43.2 Å². The molecule has 1 saturated heterocycles. The molecule has 3 amide bonds. The normalized spacial score (nSPS) is 23.3. The lowest BCUT2D eigenvalue weighted by molar-refractivity contribution is -0.146. The molecule has 0 aromatic heterocycles. The highest BCUT2D eigenvalue weighted by Crippen LogP contribution is 2.39. The molecule has 1 heterocycles. The second-order valence-corrected chi connectivity index (χ2v) is 8.69. The SMILES string of the molecule is CSCCC(C(=O)Nc1cc(C)cc(C)c1)N1C(=O)C2CCCCC2C1=O. The van der Waals surface area contributed by atoms with Crippen molar-refractivity contribution in [2.24, 2.45) is 11.8 Å². The van der Waals surface area contributed by atoms with Crippen molar-refractivity contribution in [3.8, 4) is 0 Å². The molecule has 3 atom stereocenters. The summed E-state index contributed by atoms with van der Waals surface area (Å²) in [6, 6.07) is 5.12. The number of benzene rings is 1. The van der Waals surface area contributed by atoms with Gasteiger partial charge in [0.25, 0.3) is 0 Å². The summed E-state index contributed by atoms with van der Waals surface area (Å²) < 4.78 is 0. The van der Waals surface area contributed by atoms with Crippen LogP contribution in [0.25, 0.3) is 0 Å². The van der Waals surface area contributed by atoms with Gasteiger partial charge in [0, 0.05) is 5.69 Å². The second-order valence-electron chi connectivity index (χ2n) is 7.71. The number of imide groups is 1. The van der Waals surface area contributed by atoms with Gasteiger partial charge in [-0.1, -0.05) is 18.9 Å². The summed E-state index contributed by atoms with van der Waals surface area (Å²) >= 11 is 1.62. The zero-order valence-corrected chi connectivity index (χ0v) is 17.1. The van der Waals surface area contributed by atoms with E-state index in [1.54, 1.807) is 11.8 Å². The predicted octanol–water partition coefficient (Wildman–Crippen LogP) is 3.54. The molecule has 1 aromatic rings. The van der Waals surface area contributed by atoms with E-state index in [-0.39, 0.29) is 29.6 Å². The monoisotopic (exact) mass is 388 g/mol. The molecule has 1 N–H and O–H groups in total. The quantitative estimate of drug-likeness (QED) is 0.757. The van der Waals surface area contributed by atoms with E-state index in [2.05, 4.69) is 5.32 Å². The number of carbonyl (C=O) groups excluding carboxylic acids is 3. The molecule has 146 valence electrons. The standard InChI is InChI=1S/C21H28N2O3S/c1-13-10-14(2)12-15(11-13)22-19(24)18(8-9-27-3)23-20(25)16-6-4-5-7-17(16)21(23)26/h10-12,16-18H,4-9H2,1-3H3,(H,22,24). The van der Waals surface area contributed by atoms with Gasteiger partial charge >= 0.3 is 0 Å². The largest absolute Gasteiger partial charge is 0.324 e. The van der Waals surface area contributed by atoms with E-state index in [0.29, 0.717) is 12.1 Å². The number of hydrogen-bond acceptors (Lipinski definition) is 4.